The fourth-order valence-electron chi connectivity index (χ4n) is 4.38. The molecule has 1 aromatic heterocycles. The molecule has 1 amide bonds. The molecule has 6 heteroatoms. The summed E-state index contributed by atoms with van der Waals surface area (Å²) in [5, 5.41) is 11.7. The van der Waals surface area contributed by atoms with E-state index >= 15 is 0 Å². The second kappa shape index (κ2) is 9.31. The molecule has 35 heavy (non-hydrogen) atoms. The van der Waals surface area contributed by atoms with E-state index in [0.29, 0.717) is 16.3 Å². The molecular weight excluding hydrogens is 456 g/mol. The van der Waals surface area contributed by atoms with Gasteiger partial charge in [-0.2, -0.15) is 0 Å². The zero-order valence-corrected chi connectivity index (χ0v) is 20.3. The fourth-order valence-corrected chi connectivity index (χ4v) is 5.40. The molecular formula is C29H24N2O3S. The minimum atomic E-state index is -0.745. The number of Topliss-reactive ketones (excluding diaryl/α,β-unsaturated/α-hetero) is 1. The standard InChI is InChI=1S/C29H24N2O3S/c1-3-19-14-16-20(17-15-19)24-23(26(33)29(34)31(24)22-12-8-5-9-13-22)25(32)27-18(2)30-28(35-27)21-10-6-4-7-11-21/h4-17,24,33H,3H2,1-2H3. The number of carbonyl (C=O) groups excluding carboxylic acids is 2. The van der Waals surface area contributed by atoms with Gasteiger partial charge < -0.3 is 5.11 Å². The molecule has 174 valence electrons. The number of rotatable bonds is 6. The first-order valence-electron chi connectivity index (χ1n) is 11.5. The smallest absolute Gasteiger partial charge is 0.294 e. The van der Waals surface area contributed by atoms with Gasteiger partial charge in [0, 0.05) is 11.3 Å². The van der Waals surface area contributed by atoms with E-state index in [2.05, 4.69) is 11.9 Å². The maximum absolute atomic E-state index is 13.9. The fraction of sp³-hybridized carbons (Fsp3) is 0.138. The highest BCUT2D eigenvalue weighted by Gasteiger charge is 2.45. The van der Waals surface area contributed by atoms with Crippen LogP contribution in [0.25, 0.3) is 10.6 Å². The molecule has 0 saturated heterocycles. The van der Waals surface area contributed by atoms with Gasteiger partial charge in [0.2, 0.25) is 5.78 Å². The first-order chi connectivity index (χ1) is 17.0. The lowest BCUT2D eigenvalue weighted by atomic mass is 9.94. The molecule has 1 N–H and O–H groups in total. The normalized spacial score (nSPS) is 15.7. The summed E-state index contributed by atoms with van der Waals surface area (Å²) >= 11 is 1.28. The Hall–Kier alpha value is -4.03. The highest BCUT2D eigenvalue weighted by Crippen LogP contribution is 2.43. The number of benzene rings is 3. The Morgan fingerprint density at radius 2 is 1.60 bits per heavy atom. The van der Waals surface area contributed by atoms with Gasteiger partial charge in [-0.05, 0) is 36.6 Å². The van der Waals surface area contributed by atoms with Crippen molar-refractivity contribution in [1.29, 1.82) is 0 Å². The number of nitrogens with zero attached hydrogens (tertiary/aromatic N) is 2. The molecule has 4 aromatic rings. The number of hydrogen-bond donors (Lipinski definition) is 1. The third-order valence-corrected chi connectivity index (χ3v) is 7.42. The zero-order chi connectivity index (χ0) is 24.5. The van der Waals surface area contributed by atoms with E-state index in [1.807, 2.05) is 72.8 Å². The predicted molar refractivity (Wildman–Crippen MR) is 139 cm³/mol. The molecule has 5 nitrogen and oxygen atoms in total. The second-order valence-corrected chi connectivity index (χ2v) is 9.40. The minimum Gasteiger partial charge on any atom is -0.503 e. The monoisotopic (exact) mass is 480 g/mol. The van der Waals surface area contributed by atoms with Crippen molar-refractivity contribution in [2.75, 3.05) is 4.90 Å². The van der Waals surface area contributed by atoms with Crippen molar-refractivity contribution in [3.8, 4) is 10.6 Å². The van der Waals surface area contributed by atoms with Gasteiger partial charge in [-0.25, -0.2) is 4.98 Å². The summed E-state index contributed by atoms with van der Waals surface area (Å²) in [5.41, 5.74) is 4.09. The Labute approximate surface area is 208 Å². The van der Waals surface area contributed by atoms with Gasteiger partial charge in [-0.3, -0.25) is 14.5 Å². The Balaban J connectivity index is 1.62. The summed E-state index contributed by atoms with van der Waals surface area (Å²) in [6, 6.07) is 25.9. The van der Waals surface area contributed by atoms with Crippen molar-refractivity contribution in [2.24, 2.45) is 0 Å². The molecule has 0 radical (unpaired) electrons. The van der Waals surface area contributed by atoms with Crippen LogP contribution in [0.5, 0.6) is 0 Å². The number of para-hydroxylation sites is 1. The number of hydrogen-bond acceptors (Lipinski definition) is 5. The third-order valence-electron chi connectivity index (χ3n) is 6.21. The molecule has 0 saturated carbocycles. The number of thiazole rings is 1. The summed E-state index contributed by atoms with van der Waals surface area (Å²) in [5.74, 6) is -1.48. The van der Waals surface area contributed by atoms with Crippen LogP contribution in [-0.2, 0) is 11.2 Å². The van der Waals surface area contributed by atoms with Crippen LogP contribution >= 0.6 is 11.3 Å². The van der Waals surface area contributed by atoms with Gasteiger partial charge in [-0.1, -0.05) is 79.7 Å². The van der Waals surface area contributed by atoms with Gasteiger partial charge in [0.15, 0.2) is 5.76 Å². The zero-order valence-electron chi connectivity index (χ0n) is 19.4. The van der Waals surface area contributed by atoms with E-state index in [9.17, 15) is 14.7 Å². The van der Waals surface area contributed by atoms with E-state index in [-0.39, 0.29) is 11.4 Å². The number of aliphatic hydroxyl groups excluding tert-OH is 1. The van der Waals surface area contributed by atoms with Crippen molar-refractivity contribution in [2.45, 2.75) is 26.3 Å². The van der Waals surface area contributed by atoms with Crippen LogP contribution in [0, 0.1) is 6.92 Å². The number of carbonyl (C=O) groups is 2. The Kier molecular flexibility index (Phi) is 6.05. The van der Waals surface area contributed by atoms with Crippen molar-refractivity contribution in [3.63, 3.8) is 0 Å². The van der Waals surface area contributed by atoms with Gasteiger partial charge in [0.05, 0.1) is 22.2 Å². The quantitative estimate of drug-likeness (QED) is 0.321. The number of anilines is 1. The minimum absolute atomic E-state index is 0.0782. The number of aryl methyl sites for hydroxylation is 2. The topological polar surface area (TPSA) is 70.5 Å². The van der Waals surface area contributed by atoms with Crippen LogP contribution in [0.15, 0.2) is 96.3 Å². The SMILES string of the molecule is CCc1ccc(C2C(C(=O)c3sc(-c4ccccc4)nc3C)=C(O)C(=O)N2c2ccccc2)cc1. The maximum Gasteiger partial charge on any atom is 0.294 e. The van der Waals surface area contributed by atoms with Gasteiger partial charge >= 0.3 is 0 Å². The van der Waals surface area contributed by atoms with E-state index in [4.69, 9.17) is 0 Å². The number of amides is 1. The summed E-state index contributed by atoms with van der Waals surface area (Å²) in [6.45, 7) is 3.85. The molecule has 2 heterocycles. The van der Waals surface area contributed by atoms with Crippen LogP contribution < -0.4 is 4.90 Å². The third kappa shape index (κ3) is 4.06. The van der Waals surface area contributed by atoms with Crippen molar-refractivity contribution < 1.29 is 14.7 Å². The average molecular weight is 481 g/mol. The Bertz CT molecular complexity index is 1420. The van der Waals surface area contributed by atoms with E-state index < -0.39 is 17.7 Å². The summed E-state index contributed by atoms with van der Waals surface area (Å²) in [7, 11) is 0. The van der Waals surface area contributed by atoms with Crippen molar-refractivity contribution in [3.05, 3.63) is 118 Å². The number of ketones is 1. The number of aromatic nitrogens is 1. The molecule has 1 aliphatic rings. The van der Waals surface area contributed by atoms with Crippen LogP contribution in [0.1, 0.15) is 39.5 Å². The summed E-state index contributed by atoms with van der Waals surface area (Å²) < 4.78 is 0. The largest absolute Gasteiger partial charge is 0.503 e. The molecule has 5 rings (SSSR count). The first-order valence-corrected chi connectivity index (χ1v) is 12.3. The lowest BCUT2D eigenvalue weighted by molar-refractivity contribution is -0.117. The Morgan fingerprint density at radius 1 is 0.971 bits per heavy atom. The molecule has 0 aliphatic carbocycles. The molecule has 1 aliphatic heterocycles. The van der Waals surface area contributed by atoms with Crippen LogP contribution in [0.2, 0.25) is 0 Å². The molecule has 3 aromatic carbocycles. The predicted octanol–water partition coefficient (Wildman–Crippen LogP) is 6.46. The highest BCUT2D eigenvalue weighted by molar-refractivity contribution is 7.17. The maximum atomic E-state index is 13.9. The summed E-state index contributed by atoms with van der Waals surface area (Å²) in [6.07, 6.45) is 0.876. The molecule has 0 fully saturated rings. The highest BCUT2D eigenvalue weighted by atomic mass is 32.1. The molecule has 1 unspecified atom stereocenters. The lowest BCUT2D eigenvalue weighted by Gasteiger charge is -2.27. The first kappa shape index (κ1) is 22.7. The van der Waals surface area contributed by atoms with Gasteiger partial charge in [0.1, 0.15) is 5.01 Å². The number of aliphatic hydroxyl groups is 1. The van der Waals surface area contributed by atoms with Crippen LogP contribution in [-0.4, -0.2) is 21.8 Å². The van der Waals surface area contributed by atoms with Crippen molar-refractivity contribution in [1.82, 2.24) is 4.98 Å². The van der Waals surface area contributed by atoms with Crippen LogP contribution in [0.3, 0.4) is 0 Å². The molecule has 1 atom stereocenters. The summed E-state index contributed by atoms with van der Waals surface area (Å²) in [4.78, 5) is 33.8. The van der Waals surface area contributed by atoms with E-state index in [1.165, 1.54) is 16.2 Å². The van der Waals surface area contributed by atoms with Crippen molar-refractivity contribution >= 4 is 28.7 Å². The Morgan fingerprint density at radius 3 is 2.23 bits per heavy atom. The molecule has 0 spiro atoms. The second-order valence-electron chi connectivity index (χ2n) is 8.40. The van der Waals surface area contributed by atoms with E-state index in [0.717, 1.165) is 28.1 Å². The lowest BCUT2D eigenvalue weighted by Crippen LogP contribution is -2.31. The van der Waals surface area contributed by atoms with Crippen LogP contribution in [0.4, 0.5) is 5.69 Å². The van der Waals surface area contributed by atoms with Gasteiger partial charge in [0.25, 0.3) is 5.91 Å². The van der Waals surface area contributed by atoms with E-state index in [1.54, 1.807) is 19.1 Å². The van der Waals surface area contributed by atoms with Gasteiger partial charge in [-0.15, -0.1) is 11.3 Å². The molecule has 0 bridgehead atoms. The average Bonchev–Trinajstić information content (AvgIpc) is 3.42.